The van der Waals surface area contributed by atoms with Gasteiger partial charge in [0.05, 0.1) is 0 Å². The molecule has 0 radical (unpaired) electrons. The van der Waals surface area contributed by atoms with Gasteiger partial charge in [-0.3, -0.25) is 4.79 Å². The van der Waals surface area contributed by atoms with Crippen LogP contribution in [0.4, 0.5) is 5.69 Å². The monoisotopic (exact) mass is 273 g/mol. The van der Waals surface area contributed by atoms with Gasteiger partial charge in [-0.25, -0.2) is 4.98 Å². The smallest absolute Gasteiger partial charge is 0.272 e. The Balaban J connectivity index is 2.06. The molecule has 0 saturated carbocycles. The Hall–Kier alpha value is -2.21. The van der Waals surface area contributed by atoms with E-state index in [-0.39, 0.29) is 11.2 Å². The Kier molecular flexibility index (Phi) is 2.79. The van der Waals surface area contributed by atoms with E-state index in [0.717, 1.165) is 11.1 Å². The van der Waals surface area contributed by atoms with Crippen LogP contribution in [0, 0.1) is 6.92 Å². The van der Waals surface area contributed by atoms with Crippen LogP contribution in [0.15, 0.2) is 49.8 Å². The molecule has 2 aromatic heterocycles. The predicted molar refractivity (Wildman–Crippen MR) is 74.3 cm³/mol. The maximum Gasteiger partial charge on any atom is 0.272 e. The van der Waals surface area contributed by atoms with Crippen LogP contribution in [0.1, 0.15) is 5.56 Å². The first-order valence-electron chi connectivity index (χ1n) is 5.66. The Bertz CT molecular complexity index is 774. The number of nitrogens with zero attached hydrogens (tertiary/aromatic N) is 1. The quantitative estimate of drug-likeness (QED) is 0.749. The number of aromatic nitrogens is 2. The van der Waals surface area contributed by atoms with Crippen LogP contribution in [0.3, 0.4) is 0 Å². The van der Waals surface area contributed by atoms with Crippen molar-refractivity contribution in [1.82, 2.24) is 9.97 Å². The average molecular weight is 273 g/mol. The van der Waals surface area contributed by atoms with Gasteiger partial charge in [0, 0.05) is 11.1 Å². The van der Waals surface area contributed by atoms with Gasteiger partial charge < -0.3 is 15.1 Å². The number of oxazole rings is 1. The summed E-state index contributed by atoms with van der Waals surface area (Å²) >= 11 is 1.26. The second-order valence-electron chi connectivity index (χ2n) is 4.09. The minimum atomic E-state index is -0.302. The number of benzene rings is 1. The van der Waals surface area contributed by atoms with Gasteiger partial charge in [0.25, 0.3) is 10.8 Å². The summed E-state index contributed by atoms with van der Waals surface area (Å²) in [6, 6.07) is 7.50. The molecule has 0 aliphatic rings. The van der Waals surface area contributed by atoms with Crippen molar-refractivity contribution < 1.29 is 4.42 Å². The highest BCUT2D eigenvalue weighted by Gasteiger charge is 2.13. The normalized spacial score (nSPS) is 11.0. The van der Waals surface area contributed by atoms with E-state index >= 15 is 0 Å². The number of para-hydroxylation sites is 2. The van der Waals surface area contributed by atoms with Gasteiger partial charge in [0.15, 0.2) is 5.58 Å². The van der Waals surface area contributed by atoms with E-state index in [1.165, 1.54) is 11.8 Å². The second kappa shape index (κ2) is 4.47. The van der Waals surface area contributed by atoms with Gasteiger partial charge in [-0.2, -0.15) is 0 Å². The molecular formula is C13H11N3O2S. The van der Waals surface area contributed by atoms with Crippen molar-refractivity contribution in [2.45, 2.75) is 17.0 Å². The van der Waals surface area contributed by atoms with Crippen LogP contribution >= 0.6 is 11.8 Å². The van der Waals surface area contributed by atoms with Crippen molar-refractivity contribution in [2.75, 3.05) is 5.73 Å². The van der Waals surface area contributed by atoms with Crippen LogP contribution in [-0.4, -0.2) is 9.97 Å². The van der Waals surface area contributed by atoms with Crippen LogP contribution in [0.25, 0.3) is 11.1 Å². The molecule has 0 spiro atoms. The molecule has 19 heavy (non-hydrogen) atoms. The third kappa shape index (κ3) is 2.10. The lowest BCUT2D eigenvalue weighted by Gasteiger charge is -2.04. The molecule has 5 nitrogen and oxygen atoms in total. The zero-order valence-corrected chi connectivity index (χ0v) is 11.0. The fourth-order valence-corrected chi connectivity index (χ4v) is 2.62. The Morgan fingerprint density at radius 2 is 2.16 bits per heavy atom. The number of nitrogens with one attached hydrogen (secondary N) is 1. The topological polar surface area (TPSA) is 84.9 Å². The summed E-state index contributed by atoms with van der Waals surface area (Å²) in [5.74, 6) is 0. The Labute approximate surface area is 112 Å². The Morgan fingerprint density at radius 1 is 1.37 bits per heavy atom. The maximum absolute atomic E-state index is 11.5. The summed E-state index contributed by atoms with van der Waals surface area (Å²) in [6.45, 7) is 1.87. The Morgan fingerprint density at radius 3 is 2.95 bits per heavy atom. The number of hydrogen-bond acceptors (Lipinski definition) is 5. The number of nitrogen functional groups attached to an aromatic ring is 1. The number of nitrogens with two attached hydrogens (primary N) is 1. The van der Waals surface area contributed by atoms with Crippen molar-refractivity contribution >= 4 is 28.5 Å². The molecule has 3 N–H and O–H groups in total. The molecular weight excluding hydrogens is 262 g/mol. The van der Waals surface area contributed by atoms with Crippen LogP contribution in [0.5, 0.6) is 0 Å². The summed E-state index contributed by atoms with van der Waals surface area (Å²) in [5.41, 5.74) is 8.05. The van der Waals surface area contributed by atoms with Crippen LogP contribution in [-0.2, 0) is 0 Å². The molecule has 0 unspecified atom stereocenters. The molecule has 3 aromatic rings. The third-order valence-corrected chi connectivity index (χ3v) is 3.83. The van der Waals surface area contributed by atoms with Crippen molar-refractivity contribution in [3.05, 3.63) is 46.4 Å². The number of hydrogen-bond donors (Lipinski definition) is 2. The highest BCUT2D eigenvalue weighted by molar-refractivity contribution is 7.99. The number of anilines is 1. The van der Waals surface area contributed by atoms with Gasteiger partial charge in [0.1, 0.15) is 11.2 Å². The molecule has 0 atom stereocenters. The van der Waals surface area contributed by atoms with E-state index in [2.05, 4.69) is 9.97 Å². The van der Waals surface area contributed by atoms with Crippen molar-refractivity contribution in [3.63, 3.8) is 0 Å². The first-order chi connectivity index (χ1) is 9.15. The lowest BCUT2D eigenvalue weighted by Crippen LogP contribution is -2.13. The van der Waals surface area contributed by atoms with Gasteiger partial charge in [-0.05, 0) is 36.4 Å². The number of pyridine rings is 1. The largest absolute Gasteiger partial charge is 0.431 e. The average Bonchev–Trinajstić information content (AvgIpc) is 2.81. The first-order valence-corrected chi connectivity index (χ1v) is 6.48. The molecule has 1 aromatic carbocycles. The molecule has 0 fully saturated rings. The van der Waals surface area contributed by atoms with E-state index in [9.17, 15) is 4.79 Å². The molecule has 3 rings (SSSR count). The maximum atomic E-state index is 11.5. The summed E-state index contributed by atoms with van der Waals surface area (Å²) in [4.78, 5) is 19.1. The van der Waals surface area contributed by atoms with Gasteiger partial charge in [0.2, 0.25) is 0 Å². The number of aryl methyl sites for hydroxylation is 1. The second-order valence-corrected chi connectivity index (χ2v) is 5.05. The number of fused-ring (bicyclic) bond motifs is 1. The SMILES string of the molecule is Cc1c[nH]c(=O)c(N)c1Sc1nc2ccccc2o1. The predicted octanol–water partition coefficient (Wildman–Crippen LogP) is 2.56. The molecule has 0 bridgehead atoms. The van der Waals surface area contributed by atoms with Gasteiger partial charge in [-0.1, -0.05) is 12.1 Å². The molecule has 96 valence electrons. The molecule has 0 aliphatic carbocycles. The lowest BCUT2D eigenvalue weighted by atomic mass is 10.3. The fraction of sp³-hybridized carbons (Fsp3) is 0.0769. The molecule has 2 heterocycles. The van der Waals surface area contributed by atoms with Crippen molar-refractivity contribution in [1.29, 1.82) is 0 Å². The van der Waals surface area contributed by atoms with Crippen molar-refractivity contribution in [2.24, 2.45) is 0 Å². The lowest BCUT2D eigenvalue weighted by molar-refractivity contribution is 0.489. The van der Waals surface area contributed by atoms with Crippen LogP contribution < -0.4 is 11.3 Å². The highest BCUT2D eigenvalue weighted by Crippen LogP contribution is 2.33. The summed E-state index contributed by atoms with van der Waals surface area (Å²) in [7, 11) is 0. The molecule has 6 heteroatoms. The van der Waals surface area contributed by atoms with Crippen molar-refractivity contribution in [3.8, 4) is 0 Å². The van der Waals surface area contributed by atoms with E-state index < -0.39 is 0 Å². The third-order valence-electron chi connectivity index (χ3n) is 2.73. The van der Waals surface area contributed by atoms with Crippen LogP contribution in [0.2, 0.25) is 0 Å². The van der Waals surface area contributed by atoms with E-state index in [1.54, 1.807) is 6.20 Å². The number of rotatable bonds is 2. The van der Waals surface area contributed by atoms with Gasteiger partial charge >= 0.3 is 0 Å². The van der Waals surface area contributed by atoms with E-state index in [1.807, 2.05) is 31.2 Å². The zero-order valence-electron chi connectivity index (χ0n) is 10.1. The standard InChI is InChI=1S/C13H11N3O2S/c1-7-6-15-12(17)10(14)11(7)19-13-16-8-4-2-3-5-9(8)18-13/h2-6H,14H2,1H3,(H,15,17). The first kappa shape index (κ1) is 11.9. The molecule has 0 aliphatic heterocycles. The summed E-state index contributed by atoms with van der Waals surface area (Å²) < 4.78 is 5.61. The van der Waals surface area contributed by atoms with Gasteiger partial charge in [-0.15, -0.1) is 0 Å². The highest BCUT2D eigenvalue weighted by atomic mass is 32.2. The minimum Gasteiger partial charge on any atom is -0.431 e. The fourth-order valence-electron chi connectivity index (χ4n) is 1.75. The zero-order chi connectivity index (χ0) is 13.4. The number of H-pyrrole nitrogens is 1. The van der Waals surface area contributed by atoms with E-state index in [4.69, 9.17) is 10.2 Å². The molecule has 0 amide bonds. The molecule has 0 saturated heterocycles. The minimum absolute atomic E-state index is 0.187. The summed E-state index contributed by atoms with van der Waals surface area (Å²) in [5, 5.41) is 0.474. The number of aromatic amines is 1. The van der Waals surface area contributed by atoms with E-state index in [0.29, 0.717) is 15.7 Å². The summed E-state index contributed by atoms with van der Waals surface area (Å²) in [6.07, 6.45) is 1.63.